The van der Waals surface area contributed by atoms with Gasteiger partial charge >= 0.3 is 0 Å². The van der Waals surface area contributed by atoms with Crippen LogP contribution in [0, 0.1) is 5.92 Å². The van der Waals surface area contributed by atoms with Gasteiger partial charge in [0.25, 0.3) is 11.8 Å². The summed E-state index contributed by atoms with van der Waals surface area (Å²) in [4.78, 5) is 29.6. The molecule has 0 saturated heterocycles. The van der Waals surface area contributed by atoms with Crippen molar-refractivity contribution >= 4 is 11.7 Å². The van der Waals surface area contributed by atoms with Gasteiger partial charge in [-0.05, 0) is 30.9 Å². The average Bonchev–Trinajstić information content (AvgIpc) is 3.70. The molecule has 1 atom stereocenters. The van der Waals surface area contributed by atoms with Crippen molar-refractivity contribution in [2.75, 3.05) is 31.6 Å². The number of aromatic nitrogens is 4. The fourth-order valence-corrected chi connectivity index (χ4v) is 3.71. The summed E-state index contributed by atoms with van der Waals surface area (Å²) < 4.78 is 11.4. The second kappa shape index (κ2) is 9.40. The highest BCUT2D eigenvalue weighted by Gasteiger charge is 2.22. The van der Waals surface area contributed by atoms with Crippen LogP contribution in [0.1, 0.15) is 41.6 Å². The van der Waals surface area contributed by atoms with Crippen LogP contribution in [0.3, 0.4) is 0 Å². The predicted molar refractivity (Wildman–Crippen MR) is 122 cm³/mol. The van der Waals surface area contributed by atoms with E-state index in [4.69, 9.17) is 9.47 Å². The Morgan fingerprint density at radius 3 is 2.91 bits per heavy atom. The molecule has 1 fully saturated rings. The van der Waals surface area contributed by atoms with Gasteiger partial charge < -0.3 is 20.1 Å². The first-order chi connectivity index (χ1) is 16.2. The summed E-state index contributed by atoms with van der Waals surface area (Å²) in [6.45, 7) is 4.50. The SMILES string of the molecule is CC(CNc1cc(-c2cncc(C(=O)NCC3CC3)c2)ncn1)c1ccnc2c1OCCO2. The number of hydrogen-bond donors (Lipinski definition) is 2. The van der Waals surface area contributed by atoms with E-state index in [1.165, 1.54) is 19.2 Å². The minimum absolute atomic E-state index is 0.107. The van der Waals surface area contributed by atoms with Crippen LogP contribution in [0.4, 0.5) is 5.82 Å². The third kappa shape index (κ3) is 5.02. The monoisotopic (exact) mass is 446 g/mol. The first kappa shape index (κ1) is 21.1. The minimum Gasteiger partial charge on any atom is -0.484 e. The van der Waals surface area contributed by atoms with E-state index in [2.05, 4.69) is 37.5 Å². The van der Waals surface area contributed by atoms with Crippen LogP contribution in [0.2, 0.25) is 0 Å². The van der Waals surface area contributed by atoms with Gasteiger partial charge in [0, 0.05) is 54.8 Å². The number of amides is 1. The molecule has 3 aromatic rings. The van der Waals surface area contributed by atoms with E-state index in [1.807, 2.05) is 18.2 Å². The molecule has 1 saturated carbocycles. The molecular formula is C24H26N6O3. The highest BCUT2D eigenvalue weighted by atomic mass is 16.6. The van der Waals surface area contributed by atoms with Gasteiger partial charge in [-0.3, -0.25) is 9.78 Å². The lowest BCUT2D eigenvalue weighted by Gasteiger charge is -2.22. The summed E-state index contributed by atoms with van der Waals surface area (Å²) in [5.74, 6) is 2.61. The van der Waals surface area contributed by atoms with Crippen molar-refractivity contribution in [2.24, 2.45) is 5.92 Å². The number of ether oxygens (including phenoxy) is 2. The fourth-order valence-electron chi connectivity index (χ4n) is 3.71. The number of carbonyl (C=O) groups excluding carboxylic acids is 1. The van der Waals surface area contributed by atoms with Crippen molar-refractivity contribution in [3.8, 4) is 22.9 Å². The van der Waals surface area contributed by atoms with Crippen LogP contribution < -0.4 is 20.1 Å². The van der Waals surface area contributed by atoms with Gasteiger partial charge in [0.1, 0.15) is 25.4 Å². The number of pyridine rings is 2. The lowest BCUT2D eigenvalue weighted by atomic mass is 10.0. The van der Waals surface area contributed by atoms with Gasteiger partial charge in [-0.1, -0.05) is 6.92 Å². The van der Waals surface area contributed by atoms with E-state index in [0.29, 0.717) is 54.4 Å². The van der Waals surface area contributed by atoms with Gasteiger partial charge in [-0.15, -0.1) is 0 Å². The summed E-state index contributed by atoms with van der Waals surface area (Å²) in [7, 11) is 0. The first-order valence-electron chi connectivity index (χ1n) is 11.2. The number of fused-ring (bicyclic) bond motifs is 1. The zero-order valence-electron chi connectivity index (χ0n) is 18.5. The maximum absolute atomic E-state index is 12.4. The topological polar surface area (TPSA) is 111 Å². The van der Waals surface area contributed by atoms with E-state index < -0.39 is 0 Å². The molecule has 9 nitrogen and oxygen atoms in total. The summed E-state index contributed by atoms with van der Waals surface area (Å²) in [6.07, 6.45) is 8.91. The summed E-state index contributed by atoms with van der Waals surface area (Å²) >= 11 is 0. The van der Waals surface area contributed by atoms with Crippen LogP contribution >= 0.6 is 0 Å². The summed E-state index contributed by atoms with van der Waals surface area (Å²) in [5, 5.41) is 6.34. The Balaban J connectivity index is 1.26. The van der Waals surface area contributed by atoms with Crippen LogP contribution in [0.15, 0.2) is 43.1 Å². The normalized spacial score (nSPS) is 15.5. The maximum Gasteiger partial charge on any atom is 0.257 e. The zero-order valence-corrected chi connectivity index (χ0v) is 18.5. The quantitative estimate of drug-likeness (QED) is 0.543. The Labute approximate surface area is 192 Å². The molecule has 0 bridgehead atoms. The number of carbonyl (C=O) groups is 1. The second-order valence-electron chi connectivity index (χ2n) is 8.42. The van der Waals surface area contributed by atoms with E-state index >= 15 is 0 Å². The molecule has 2 aliphatic rings. The fraction of sp³-hybridized carbons (Fsp3) is 0.375. The average molecular weight is 447 g/mol. The number of rotatable bonds is 8. The molecule has 1 aliphatic heterocycles. The van der Waals surface area contributed by atoms with Crippen molar-refractivity contribution in [3.63, 3.8) is 0 Å². The molecule has 170 valence electrons. The largest absolute Gasteiger partial charge is 0.484 e. The molecular weight excluding hydrogens is 420 g/mol. The van der Waals surface area contributed by atoms with Crippen LogP contribution in [-0.4, -0.2) is 52.1 Å². The van der Waals surface area contributed by atoms with E-state index in [9.17, 15) is 4.79 Å². The smallest absolute Gasteiger partial charge is 0.257 e. The number of anilines is 1. The van der Waals surface area contributed by atoms with Crippen molar-refractivity contribution in [1.82, 2.24) is 25.3 Å². The third-order valence-electron chi connectivity index (χ3n) is 5.80. The first-order valence-corrected chi connectivity index (χ1v) is 11.2. The van der Waals surface area contributed by atoms with Crippen molar-refractivity contribution in [3.05, 3.63) is 54.2 Å². The Hall–Kier alpha value is -3.75. The van der Waals surface area contributed by atoms with Crippen LogP contribution in [0.25, 0.3) is 11.3 Å². The Kier molecular flexibility index (Phi) is 6.01. The van der Waals surface area contributed by atoms with Crippen LogP contribution in [-0.2, 0) is 0 Å². The zero-order chi connectivity index (χ0) is 22.6. The summed E-state index contributed by atoms with van der Waals surface area (Å²) in [6, 6.07) is 5.62. The summed E-state index contributed by atoms with van der Waals surface area (Å²) in [5.41, 5.74) is 3.03. The molecule has 0 spiro atoms. The molecule has 0 aromatic carbocycles. The van der Waals surface area contributed by atoms with Gasteiger partial charge in [-0.2, -0.15) is 0 Å². The second-order valence-corrected chi connectivity index (χ2v) is 8.42. The molecule has 5 rings (SSSR count). The molecule has 1 amide bonds. The van der Waals surface area contributed by atoms with E-state index in [1.54, 1.807) is 18.6 Å². The van der Waals surface area contributed by atoms with Crippen molar-refractivity contribution in [2.45, 2.75) is 25.7 Å². The molecule has 2 N–H and O–H groups in total. The molecule has 4 heterocycles. The minimum atomic E-state index is -0.107. The molecule has 0 radical (unpaired) electrons. The van der Waals surface area contributed by atoms with Gasteiger partial charge in [-0.25, -0.2) is 15.0 Å². The molecule has 3 aromatic heterocycles. The van der Waals surface area contributed by atoms with E-state index in [-0.39, 0.29) is 11.8 Å². The van der Waals surface area contributed by atoms with Gasteiger partial charge in [0.2, 0.25) is 0 Å². The molecule has 1 aliphatic carbocycles. The standard InChI is InChI=1S/C24H26N6O3/c1-15(19-4-5-26-24-22(19)32-6-7-33-24)10-27-21-9-20(29-14-30-21)17-8-18(13-25-12-17)23(31)28-11-16-2-3-16/h4-5,8-9,12-16H,2-3,6-7,10-11H2,1H3,(H,28,31)(H,27,29,30). The third-order valence-corrected chi connectivity index (χ3v) is 5.80. The lowest BCUT2D eigenvalue weighted by molar-refractivity contribution is 0.0951. The Morgan fingerprint density at radius 1 is 1.15 bits per heavy atom. The Bertz CT molecular complexity index is 1150. The van der Waals surface area contributed by atoms with Crippen LogP contribution in [0.5, 0.6) is 11.6 Å². The number of hydrogen-bond acceptors (Lipinski definition) is 8. The maximum atomic E-state index is 12.4. The highest BCUT2D eigenvalue weighted by molar-refractivity contribution is 5.95. The van der Waals surface area contributed by atoms with Crippen molar-refractivity contribution in [1.29, 1.82) is 0 Å². The lowest BCUT2D eigenvalue weighted by Crippen LogP contribution is -2.25. The predicted octanol–water partition coefficient (Wildman–Crippen LogP) is 3.06. The molecule has 33 heavy (non-hydrogen) atoms. The van der Waals surface area contributed by atoms with E-state index in [0.717, 1.165) is 17.7 Å². The van der Waals surface area contributed by atoms with Crippen molar-refractivity contribution < 1.29 is 14.3 Å². The molecule has 1 unspecified atom stereocenters. The number of nitrogens with zero attached hydrogens (tertiary/aromatic N) is 4. The van der Waals surface area contributed by atoms with Gasteiger partial charge in [0.05, 0.1) is 11.3 Å². The van der Waals surface area contributed by atoms with Gasteiger partial charge in [0.15, 0.2) is 5.75 Å². The number of nitrogens with one attached hydrogen (secondary N) is 2. The molecule has 9 heteroatoms. The highest BCUT2D eigenvalue weighted by Crippen LogP contribution is 2.35. The Morgan fingerprint density at radius 2 is 2.03 bits per heavy atom.